The summed E-state index contributed by atoms with van der Waals surface area (Å²) in [5.74, 6) is -0.384. The predicted molar refractivity (Wildman–Crippen MR) is 149 cm³/mol. The van der Waals surface area contributed by atoms with Gasteiger partial charge in [-0.1, -0.05) is 24.3 Å². The molecule has 2 aromatic heterocycles. The van der Waals surface area contributed by atoms with Gasteiger partial charge < -0.3 is 25.1 Å². The van der Waals surface area contributed by atoms with E-state index in [1.54, 1.807) is 21.4 Å². The number of imidazole rings is 1. The van der Waals surface area contributed by atoms with Crippen LogP contribution < -0.4 is 21.1 Å². The molecule has 2 aromatic carbocycles. The quantitative estimate of drug-likeness (QED) is 0.243. The Morgan fingerprint density at radius 3 is 2.58 bits per heavy atom. The fourth-order valence-corrected chi connectivity index (χ4v) is 4.37. The molecule has 3 amide bonds. The number of anilines is 1. The maximum absolute atomic E-state index is 13.2. The lowest BCUT2D eigenvalue weighted by atomic mass is 10.1. The van der Waals surface area contributed by atoms with E-state index in [0.29, 0.717) is 54.2 Å². The zero-order valence-electron chi connectivity index (χ0n) is 23.0. The van der Waals surface area contributed by atoms with E-state index in [1.165, 1.54) is 13.2 Å². The molecule has 12 nitrogen and oxygen atoms in total. The van der Waals surface area contributed by atoms with Crippen LogP contribution >= 0.6 is 0 Å². The molecule has 0 atom stereocenters. The number of aromatic nitrogens is 4. The molecule has 0 spiro atoms. The third-order valence-electron chi connectivity index (χ3n) is 6.42. The minimum atomic E-state index is -0.629. The number of hydrogen-bond donors (Lipinski definition) is 3. The van der Waals surface area contributed by atoms with Crippen LogP contribution in [0.5, 0.6) is 5.75 Å². The summed E-state index contributed by atoms with van der Waals surface area (Å²) in [5.41, 5.74) is 9.81. The van der Waals surface area contributed by atoms with Crippen molar-refractivity contribution in [2.45, 2.75) is 46.9 Å². The van der Waals surface area contributed by atoms with Crippen molar-refractivity contribution in [1.29, 1.82) is 0 Å². The maximum atomic E-state index is 13.2. The van der Waals surface area contributed by atoms with Gasteiger partial charge in [-0.05, 0) is 56.5 Å². The lowest BCUT2D eigenvalue weighted by Crippen LogP contribution is -2.26. The van der Waals surface area contributed by atoms with Gasteiger partial charge in [-0.2, -0.15) is 5.10 Å². The van der Waals surface area contributed by atoms with Crippen LogP contribution in [0.4, 0.5) is 10.7 Å². The number of methoxy groups -OCH3 is 1. The summed E-state index contributed by atoms with van der Waals surface area (Å²) < 4.78 is 14.3. The molecule has 0 bridgehead atoms. The highest BCUT2D eigenvalue weighted by Crippen LogP contribution is 2.31. The number of primary amides is 1. The van der Waals surface area contributed by atoms with Crippen LogP contribution in [0.3, 0.4) is 0 Å². The Morgan fingerprint density at radius 1 is 1.10 bits per heavy atom. The van der Waals surface area contributed by atoms with E-state index in [-0.39, 0.29) is 24.0 Å². The van der Waals surface area contributed by atoms with Gasteiger partial charge in [0, 0.05) is 25.2 Å². The number of alkyl carbamates (subject to hydrolysis) is 1. The Kier molecular flexibility index (Phi) is 8.67. The molecule has 0 aliphatic rings. The average Bonchev–Trinajstić information content (AvgIpc) is 3.49. The molecule has 4 N–H and O–H groups in total. The molecule has 0 radical (unpaired) electrons. The van der Waals surface area contributed by atoms with Crippen LogP contribution in [0.15, 0.2) is 42.5 Å². The van der Waals surface area contributed by atoms with Crippen LogP contribution in [-0.2, 0) is 24.4 Å². The minimum Gasteiger partial charge on any atom is -0.494 e. The van der Waals surface area contributed by atoms with E-state index in [4.69, 9.17) is 15.2 Å². The van der Waals surface area contributed by atoms with Crippen LogP contribution in [-0.4, -0.2) is 50.9 Å². The first-order valence-corrected chi connectivity index (χ1v) is 12.9. The van der Waals surface area contributed by atoms with Gasteiger partial charge >= 0.3 is 6.09 Å². The lowest BCUT2D eigenvalue weighted by molar-refractivity contribution is 0.0995. The lowest BCUT2D eigenvalue weighted by Gasteiger charge is -2.13. The van der Waals surface area contributed by atoms with Gasteiger partial charge in [-0.25, -0.2) is 9.78 Å². The fraction of sp³-hybridized carbons (Fsp3) is 0.321. The van der Waals surface area contributed by atoms with E-state index in [2.05, 4.69) is 20.7 Å². The summed E-state index contributed by atoms with van der Waals surface area (Å²) in [7, 11) is 1.48. The van der Waals surface area contributed by atoms with Gasteiger partial charge in [0.1, 0.15) is 23.6 Å². The largest absolute Gasteiger partial charge is 0.494 e. The number of rotatable bonds is 11. The van der Waals surface area contributed by atoms with E-state index in [0.717, 1.165) is 11.1 Å². The Bertz CT molecular complexity index is 1560. The van der Waals surface area contributed by atoms with E-state index in [9.17, 15) is 14.4 Å². The first kappa shape index (κ1) is 28.1. The number of nitrogens with two attached hydrogens (primary N) is 1. The number of nitrogens with one attached hydrogen (secondary N) is 2. The van der Waals surface area contributed by atoms with E-state index >= 15 is 0 Å². The summed E-state index contributed by atoms with van der Waals surface area (Å²) in [6.45, 7) is 7.04. The number of carbonyl (C=O) groups is 3. The minimum absolute atomic E-state index is 0.175. The van der Waals surface area contributed by atoms with Crippen LogP contribution in [0.2, 0.25) is 0 Å². The molecule has 0 unspecified atom stereocenters. The van der Waals surface area contributed by atoms with Crippen LogP contribution in [0.25, 0.3) is 11.0 Å². The second-order valence-electron chi connectivity index (χ2n) is 9.22. The van der Waals surface area contributed by atoms with E-state index < -0.39 is 12.0 Å². The second-order valence-corrected chi connectivity index (χ2v) is 9.22. The Balaban J connectivity index is 1.52. The Hall–Kier alpha value is -4.87. The van der Waals surface area contributed by atoms with E-state index in [1.807, 2.05) is 45.0 Å². The Morgan fingerprint density at radius 2 is 1.88 bits per heavy atom. The number of carbonyl (C=O) groups excluding carboxylic acids is 3. The molecule has 12 heteroatoms. The number of amides is 3. The summed E-state index contributed by atoms with van der Waals surface area (Å²) in [6, 6.07) is 12.5. The number of hydrogen-bond acceptors (Lipinski definition) is 7. The molecule has 210 valence electrons. The molecule has 0 saturated carbocycles. The summed E-state index contributed by atoms with van der Waals surface area (Å²) in [5, 5.41) is 9.96. The molecular weight excluding hydrogens is 514 g/mol. The third kappa shape index (κ3) is 6.22. The number of aryl methyl sites for hydroxylation is 4. The molecule has 4 rings (SSSR count). The van der Waals surface area contributed by atoms with Crippen molar-refractivity contribution in [1.82, 2.24) is 24.6 Å². The first-order chi connectivity index (χ1) is 19.2. The van der Waals surface area contributed by atoms with Crippen molar-refractivity contribution in [2.75, 3.05) is 19.0 Å². The first-order valence-electron chi connectivity index (χ1n) is 12.9. The smallest absolute Gasteiger partial charge is 0.407 e. The molecule has 0 fully saturated rings. The van der Waals surface area contributed by atoms with Gasteiger partial charge in [0.05, 0.1) is 18.3 Å². The monoisotopic (exact) mass is 547 g/mol. The van der Waals surface area contributed by atoms with Crippen molar-refractivity contribution < 1.29 is 23.9 Å². The average molecular weight is 548 g/mol. The van der Waals surface area contributed by atoms with Crippen LogP contribution in [0, 0.1) is 13.8 Å². The molecular formula is C28H33N7O5. The van der Waals surface area contributed by atoms with Gasteiger partial charge in [-0.3, -0.25) is 19.6 Å². The number of fused-ring (bicyclic) bond motifs is 1. The van der Waals surface area contributed by atoms with Gasteiger partial charge in [-0.15, -0.1) is 0 Å². The van der Waals surface area contributed by atoms with Gasteiger partial charge in [0.2, 0.25) is 11.9 Å². The number of ether oxygens (including phenoxy) is 2. The molecule has 0 aliphatic carbocycles. The number of nitrogens with zero attached hydrogens (tertiary/aromatic N) is 4. The molecule has 40 heavy (non-hydrogen) atoms. The standard InChI is InChI=1S/C28H33N7O5/c1-5-35-22(13-18(3)33-35)26(37)32-27-31-21-14-20(25(29)36)15-23(39-4)24(21)34(27)12-8-11-30-28(38)40-16-19-10-7-6-9-17(19)2/h6-7,9-10,13-15H,5,8,11-12,16H2,1-4H3,(H2,29,36)(H,30,38)(H,31,32,37). The van der Waals surface area contributed by atoms with Gasteiger partial charge in [0.25, 0.3) is 5.91 Å². The highest BCUT2D eigenvalue weighted by atomic mass is 16.5. The fourth-order valence-electron chi connectivity index (χ4n) is 4.37. The maximum Gasteiger partial charge on any atom is 0.407 e. The molecule has 0 saturated heterocycles. The normalized spacial score (nSPS) is 10.9. The van der Waals surface area contributed by atoms with Crippen LogP contribution in [0.1, 0.15) is 51.0 Å². The zero-order valence-corrected chi connectivity index (χ0v) is 23.0. The molecule has 0 aliphatic heterocycles. The summed E-state index contributed by atoms with van der Waals surface area (Å²) >= 11 is 0. The van der Waals surface area contributed by atoms with Crippen molar-refractivity contribution >= 4 is 34.9 Å². The second kappa shape index (κ2) is 12.3. The third-order valence-corrected chi connectivity index (χ3v) is 6.42. The summed E-state index contributed by atoms with van der Waals surface area (Å²) in [4.78, 5) is 41.9. The van der Waals surface area contributed by atoms with Crippen molar-refractivity contribution in [3.8, 4) is 5.75 Å². The van der Waals surface area contributed by atoms with Crippen molar-refractivity contribution in [2.24, 2.45) is 5.73 Å². The predicted octanol–water partition coefficient (Wildman–Crippen LogP) is 3.55. The zero-order chi connectivity index (χ0) is 28.8. The summed E-state index contributed by atoms with van der Waals surface area (Å²) in [6.07, 6.45) is -0.0419. The highest BCUT2D eigenvalue weighted by molar-refractivity contribution is 6.04. The molecule has 2 heterocycles. The SMILES string of the molecule is CCn1nc(C)cc1C(=O)Nc1nc2cc(C(N)=O)cc(OC)c2n1CCCNC(=O)OCc1ccccc1C. The van der Waals surface area contributed by atoms with Crippen molar-refractivity contribution in [3.05, 3.63) is 70.5 Å². The molecule has 4 aromatic rings. The highest BCUT2D eigenvalue weighted by Gasteiger charge is 2.21. The van der Waals surface area contributed by atoms with Crippen molar-refractivity contribution in [3.63, 3.8) is 0 Å². The topological polar surface area (TPSA) is 155 Å². The Labute approximate surface area is 231 Å². The number of benzene rings is 2. The van der Waals surface area contributed by atoms with Gasteiger partial charge in [0.15, 0.2) is 0 Å².